The van der Waals surface area contributed by atoms with E-state index in [0.29, 0.717) is 23.5 Å². The average Bonchev–Trinajstić information content (AvgIpc) is 2.36. The summed E-state index contributed by atoms with van der Waals surface area (Å²) in [7, 11) is 0. The summed E-state index contributed by atoms with van der Waals surface area (Å²) in [6.45, 7) is 0.563. The SMILES string of the molecule is Nc1cc(Br)cc(C(=O)N2CCSCC2CC(=O)O)c1. The molecule has 1 aromatic carbocycles. The van der Waals surface area contributed by atoms with Crippen LogP contribution in [0.5, 0.6) is 0 Å². The van der Waals surface area contributed by atoms with Gasteiger partial charge in [-0.3, -0.25) is 9.59 Å². The fourth-order valence-electron chi connectivity index (χ4n) is 2.19. The Morgan fingerprint density at radius 2 is 2.20 bits per heavy atom. The normalized spacial score (nSPS) is 18.9. The summed E-state index contributed by atoms with van der Waals surface area (Å²) in [5.41, 5.74) is 6.73. The van der Waals surface area contributed by atoms with Crippen molar-refractivity contribution in [1.29, 1.82) is 0 Å². The molecule has 0 aliphatic carbocycles. The predicted octanol–water partition coefficient (Wildman–Crippen LogP) is 2.06. The first-order valence-electron chi connectivity index (χ1n) is 6.14. The van der Waals surface area contributed by atoms with Crippen LogP contribution in [-0.2, 0) is 4.79 Å². The lowest BCUT2D eigenvalue weighted by Gasteiger charge is -2.34. The number of aliphatic carboxylic acids is 1. The van der Waals surface area contributed by atoms with Crippen molar-refractivity contribution < 1.29 is 14.7 Å². The first-order valence-corrected chi connectivity index (χ1v) is 8.08. The average molecular weight is 359 g/mol. The molecule has 1 aliphatic heterocycles. The van der Waals surface area contributed by atoms with E-state index in [9.17, 15) is 9.59 Å². The zero-order valence-corrected chi connectivity index (χ0v) is 13.1. The maximum Gasteiger partial charge on any atom is 0.305 e. The molecule has 1 atom stereocenters. The second-order valence-corrected chi connectivity index (χ2v) is 6.66. The highest BCUT2D eigenvalue weighted by Crippen LogP contribution is 2.24. The summed E-state index contributed by atoms with van der Waals surface area (Å²) < 4.78 is 0.738. The largest absolute Gasteiger partial charge is 0.481 e. The Hall–Kier alpha value is -1.21. The van der Waals surface area contributed by atoms with Crippen LogP contribution in [0.15, 0.2) is 22.7 Å². The van der Waals surface area contributed by atoms with E-state index in [1.54, 1.807) is 34.9 Å². The Bertz CT molecular complexity index is 518. The second kappa shape index (κ2) is 6.49. The van der Waals surface area contributed by atoms with Crippen LogP contribution in [0.25, 0.3) is 0 Å². The number of carbonyl (C=O) groups excluding carboxylic acids is 1. The molecule has 0 aromatic heterocycles. The molecule has 1 aromatic rings. The highest BCUT2D eigenvalue weighted by atomic mass is 79.9. The molecule has 108 valence electrons. The van der Waals surface area contributed by atoms with E-state index in [4.69, 9.17) is 10.8 Å². The van der Waals surface area contributed by atoms with Gasteiger partial charge < -0.3 is 15.7 Å². The molecule has 0 spiro atoms. The number of nitrogen functional groups attached to an aromatic ring is 1. The van der Waals surface area contributed by atoms with Gasteiger partial charge in [-0.25, -0.2) is 0 Å². The van der Waals surface area contributed by atoms with Crippen molar-refractivity contribution in [3.05, 3.63) is 28.2 Å². The molecule has 2 rings (SSSR count). The van der Waals surface area contributed by atoms with E-state index in [1.165, 1.54) is 0 Å². The van der Waals surface area contributed by atoms with Crippen LogP contribution < -0.4 is 5.73 Å². The van der Waals surface area contributed by atoms with Crippen molar-refractivity contribution >= 4 is 45.3 Å². The molecule has 1 heterocycles. The minimum atomic E-state index is -0.885. The lowest BCUT2D eigenvalue weighted by molar-refractivity contribution is -0.138. The Morgan fingerprint density at radius 3 is 2.85 bits per heavy atom. The molecule has 1 amide bonds. The van der Waals surface area contributed by atoms with Crippen LogP contribution in [0, 0.1) is 0 Å². The maximum atomic E-state index is 12.5. The number of amides is 1. The number of nitrogens with zero attached hydrogens (tertiary/aromatic N) is 1. The minimum Gasteiger partial charge on any atom is -0.481 e. The van der Waals surface area contributed by atoms with Gasteiger partial charge in [0, 0.05) is 33.8 Å². The number of benzene rings is 1. The zero-order valence-electron chi connectivity index (χ0n) is 10.7. The van der Waals surface area contributed by atoms with Crippen molar-refractivity contribution in [2.75, 3.05) is 23.8 Å². The summed E-state index contributed by atoms with van der Waals surface area (Å²) >= 11 is 4.99. The molecular weight excluding hydrogens is 344 g/mol. The van der Waals surface area contributed by atoms with Gasteiger partial charge in [0.05, 0.1) is 12.5 Å². The van der Waals surface area contributed by atoms with Crippen LogP contribution in [0.4, 0.5) is 5.69 Å². The van der Waals surface area contributed by atoms with Crippen LogP contribution in [0.1, 0.15) is 16.8 Å². The quantitative estimate of drug-likeness (QED) is 0.808. The summed E-state index contributed by atoms with van der Waals surface area (Å²) in [4.78, 5) is 25.1. The lowest BCUT2D eigenvalue weighted by atomic mass is 10.1. The van der Waals surface area contributed by atoms with Gasteiger partial charge >= 0.3 is 5.97 Å². The molecule has 20 heavy (non-hydrogen) atoms. The highest BCUT2D eigenvalue weighted by Gasteiger charge is 2.29. The molecule has 0 radical (unpaired) electrons. The van der Waals surface area contributed by atoms with Gasteiger partial charge in [-0.2, -0.15) is 11.8 Å². The third-order valence-corrected chi connectivity index (χ3v) is 4.62. The minimum absolute atomic E-state index is 0.0256. The molecular formula is C13H15BrN2O3S. The Kier molecular flexibility index (Phi) is 4.93. The van der Waals surface area contributed by atoms with E-state index in [0.717, 1.165) is 10.2 Å². The van der Waals surface area contributed by atoms with E-state index in [-0.39, 0.29) is 18.4 Å². The third-order valence-electron chi connectivity index (χ3n) is 3.07. The van der Waals surface area contributed by atoms with Crippen molar-refractivity contribution in [2.24, 2.45) is 0 Å². The molecule has 3 N–H and O–H groups in total. The van der Waals surface area contributed by atoms with E-state index >= 15 is 0 Å². The van der Waals surface area contributed by atoms with Crippen molar-refractivity contribution in [3.63, 3.8) is 0 Å². The van der Waals surface area contributed by atoms with Crippen molar-refractivity contribution in [1.82, 2.24) is 4.90 Å². The third kappa shape index (κ3) is 3.67. The van der Waals surface area contributed by atoms with Gasteiger partial charge in [0.2, 0.25) is 0 Å². The summed E-state index contributed by atoms with van der Waals surface area (Å²) in [5, 5.41) is 8.95. The highest BCUT2D eigenvalue weighted by molar-refractivity contribution is 9.10. The molecule has 7 heteroatoms. The number of carboxylic acid groups (broad SMARTS) is 1. The smallest absolute Gasteiger partial charge is 0.305 e. The van der Waals surface area contributed by atoms with Crippen molar-refractivity contribution in [3.8, 4) is 0 Å². The summed E-state index contributed by atoms with van der Waals surface area (Å²) in [6.07, 6.45) is -0.0256. The van der Waals surface area contributed by atoms with Gasteiger partial charge in [-0.05, 0) is 18.2 Å². The number of carbonyl (C=O) groups is 2. The lowest BCUT2D eigenvalue weighted by Crippen LogP contribution is -2.47. The standard InChI is InChI=1S/C13H15BrN2O3S/c14-9-3-8(4-10(15)5-9)13(19)16-1-2-20-7-11(16)6-12(17)18/h3-5,11H,1-2,6-7,15H2,(H,17,18). The van der Waals surface area contributed by atoms with Gasteiger partial charge in [0.1, 0.15) is 0 Å². The zero-order chi connectivity index (χ0) is 14.7. The first kappa shape index (κ1) is 15.2. The van der Waals surface area contributed by atoms with E-state index < -0.39 is 5.97 Å². The summed E-state index contributed by atoms with van der Waals surface area (Å²) in [5.74, 6) is 0.431. The fourth-order valence-corrected chi connectivity index (χ4v) is 3.77. The van der Waals surface area contributed by atoms with Crippen molar-refractivity contribution in [2.45, 2.75) is 12.5 Å². The van der Waals surface area contributed by atoms with Crippen LogP contribution >= 0.6 is 27.7 Å². The maximum absolute atomic E-state index is 12.5. The number of thioether (sulfide) groups is 1. The fraction of sp³-hybridized carbons (Fsp3) is 0.385. The van der Waals surface area contributed by atoms with E-state index in [2.05, 4.69) is 15.9 Å². The van der Waals surface area contributed by atoms with Crippen LogP contribution in [-0.4, -0.2) is 46.0 Å². The van der Waals surface area contributed by atoms with E-state index in [1.807, 2.05) is 0 Å². The van der Waals surface area contributed by atoms with Crippen LogP contribution in [0.3, 0.4) is 0 Å². The van der Waals surface area contributed by atoms with Gasteiger partial charge in [-0.1, -0.05) is 15.9 Å². The molecule has 5 nitrogen and oxygen atoms in total. The number of anilines is 1. The molecule has 0 saturated carbocycles. The second-order valence-electron chi connectivity index (χ2n) is 4.60. The van der Waals surface area contributed by atoms with Gasteiger partial charge in [0.25, 0.3) is 5.91 Å². The molecule has 0 bridgehead atoms. The molecule has 1 saturated heterocycles. The number of carboxylic acids is 1. The molecule has 1 fully saturated rings. The van der Waals surface area contributed by atoms with Gasteiger partial charge in [-0.15, -0.1) is 0 Å². The molecule has 1 aliphatic rings. The monoisotopic (exact) mass is 358 g/mol. The molecule has 1 unspecified atom stereocenters. The summed E-state index contributed by atoms with van der Waals surface area (Å²) in [6, 6.07) is 4.78. The first-order chi connectivity index (χ1) is 9.47. The number of nitrogens with two attached hydrogens (primary N) is 1. The Balaban J connectivity index is 2.22. The Labute approximate surface area is 129 Å². The number of hydrogen-bond acceptors (Lipinski definition) is 4. The van der Waals surface area contributed by atoms with Gasteiger partial charge in [0.15, 0.2) is 0 Å². The topological polar surface area (TPSA) is 83.6 Å². The number of halogens is 1. The van der Waals surface area contributed by atoms with Crippen LogP contribution in [0.2, 0.25) is 0 Å². The predicted molar refractivity (Wildman–Crippen MR) is 83.0 cm³/mol. The number of hydrogen-bond donors (Lipinski definition) is 2. The Morgan fingerprint density at radius 1 is 1.45 bits per heavy atom. The number of rotatable bonds is 3.